The van der Waals surface area contributed by atoms with Gasteiger partial charge >= 0.3 is 0 Å². The number of ether oxygens (including phenoxy) is 1. The Bertz CT molecular complexity index is 1010. The molecule has 2 aromatic heterocycles. The molecule has 1 amide bonds. The van der Waals surface area contributed by atoms with Gasteiger partial charge in [0.1, 0.15) is 11.5 Å². The average molecular weight is 409 g/mol. The van der Waals surface area contributed by atoms with Crippen LogP contribution in [0.1, 0.15) is 10.5 Å². The van der Waals surface area contributed by atoms with E-state index < -0.39 is 0 Å². The van der Waals surface area contributed by atoms with Gasteiger partial charge in [-0.1, -0.05) is 12.1 Å². The van der Waals surface area contributed by atoms with Crippen molar-refractivity contribution in [1.82, 2.24) is 24.8 Å². The molecular formula is C22H24FN5O2. The second-order valence-corrected chi connectivity index (χ2v) is 7.24. The Morgan fingerprint density at radius 3 is 2.63 bits per heavy atom. The molecule has 0 unspecified atom stereocenters. The zero-order valence-corrected chi connectivity index (χ0v) is 16.8. The molecule has 0 radical (unpaired) electrons. The number of morpholine rings is 1. The van der Waals surface area contributed by atoms with E-state index in [0.29, 0.717) is 23.6 Å². The molecule has 4 rings (SSSR count). The number of aromatic nitrogens is 3. The van der Waals surface area contributed by atoms with Crippen LogP contribution in [0.4, 0.5) is 4.39 Å². The number of carbonyl (C=O) groups excluding carboxylic acids is 1. The van der Waals surface area contributed by atoms with Crippen LogP contribution in [0.15, 0.2) is 48.9 Å². The summed E-state index contributed by atoms with van der Waals surface area (Å²) in [5.41, 5.74) is 2.83. The predicted octanol–water partition coefficient (Wildman–Crippen LogP) is 2.35. The first-order valence-electron chi connectivity index (χ1n) is 9.93. The van der Waals surface area contributed by atoms with Gasteiger partial charge in [-0.3, -0.25) is 9.69 Å². The van der Waals surface area contributed by atoms with Crippen LogP contribution in [0.2, 0.25) is 0 Å². The fourth-order valence-corrected chi connectivity index (χ4v) is 3.44. The van der Waals surface area contributed by atoms with Gasteiger partial charge in [-0.2, -0.15) is 0 Å². The van der Waals surface area contributed by atoms with Crippen LogP contribution in [-0.2, 0) is 11.8 Å². The molecule has 1 aliphatic heterocycles. The Morgan fingerprint density at radius 2 is 1.90 bits per heavy atom. The zero-order chi connectivity index (χ0) is 20.9. The monoisotopic (exact) mass is 409 g/mol. The van der Waals surface area contributed by atoms with E-state index in [9.17, 15) is 9.18 Å². The molecular weight excluding hydrogens is 385 g/mol. The van der Waals surface area contributed by atoms with Gasteiger partial charge in [0, 0.05) is 68.5 Å². The lowest BCUT2D eigenvalue weighted by Gasteiger charge is -2.26. The van der Waals surface area contributed by atoms with E-state index in [1.54, 1.807) is 29.1 Å². The summed E-state index contributed by atoms with van der Waals surface area (Å²) in [7, 11) is 1.84. The number of nitrogens with zero attached hydrogens (tertiary/aromatic N) is 4. The topological polar surface area (TPSA) is 72.3 Å². The maximum Gasteiger partial charge on any atom is 0.267 e. The summed E-state index contributed by atoms with van der Waals surface area (Å²) in [6.07, 6.45) is 5.24. The van der Waals surface area contributed by atoms with Gasteiger partial charge in [-0.05, 0) is 18.2 Å². The highest BCUT2D eigenvalue weighted by molar-refractivity contribution is 5.94. The number of amides is 1. The van der Waals surface area contributed by atoms with E-state index in [1.807, 2.05) is 19.3 Å². The third-order valence-electron chi connectivity index (χ3n) is 5.12. The number of hydrogen-bond acceptors (Lipinski definition) is 5. The van der Waals surface area contributed by atoms with Crippen molar-refractivity contribution in [2.45, 2.75) is 0 Å². The number of aryl methyl sites for hydroxylation is 1. The minimum atomic E-state index is -0.326. The summed E-state index contributed by atoms with van der Waals surface area (Å²) in [4.78, 5) is 23.6. The number of hydrogen-bond donors (Lipinski definition) is 1. The number of nitrogens with one attached hydrogen (secondary N) is 1. The molecule has 0 atom stereocenters. The van der Waals surface area contributed by atoms with Crippen molar-refractivity contribution in [2.75, 3.05) is 39.4 Å². The number of rotatable bonds is 6. The molecule has 0 aliphatic carbocycles. The van der Waals surface area contributed by atoms with Gasteiger partial charge in [-0.25, -0.2) is 14.4 Å². The smallest absolute Gasteiger partial charge is 0.267 e. The molecule has 8 heteroatoms. The molecule has 1 saturated heterocycles. The molecule has 1 aromatic carbocycles. The van der Waals surface area contributed by atoms with Crippen LogP contribution in [0.5, 0.6) is 0 Å². The molecule has 1 N–H and O–H groups in total. The van der Waals surface area contributed by atoms with Crippen LogP contribution in [0.25, 0.3) is 22.5 Å². The van der Waals surface area contributed by atoms with Crippen molar-refractivity contribution < 1.29 is 13.9 Å². The third-order valence-corrected chi connectivity index (χ3v) is 5.12. The first-order valence-corrected chi connectivity index (χ1v) is 9.93. The van der Waals surface area contributed by atoms with Crippen molar-refractivity contribution >= 4 is 5.91 Å². The first kappa shape index (κ1) is 20.2. The summed E-state index contributed by atoms with van der Waals surface area (Å²) in [6.45, 7) is 4.68. The van der Waals surface area contributed by atoms with E-state index >= 15 is 0 Å². The Hall–Kier alpha value is -3.10. The Morgan fingerprint density at radius 1 is 1.13 bits per heavy atom. The standard InChI is InChI=1S/C22H24FN5O2/c1-27-15-17(12-20(27)22(29)24-5-6-28-7-9-30-10-8-28)18-13-25-21(26-14-18)16-3-2-4-19(23)11-16/h2-4,11-15H,5-10H2,1H3,(H,24,29). The lowest BCUT2D eigenvalue weighted by atomic mass is 10.1. The molecule has 3 heterocycles. The van der Waals surface area contributed by atoms with E-state index in [1.165, 1.54) is 12.1 Å². The Labute approximate surface area is 174 Å². The molecule has 3 aromatic rings. The van der Waals surface area contributed by atoms with Crippen molar-refractivity contribution in [3.63, 3.8) is 0 Å². The van der Waals surface area contributed by atoms with Gasteiger partial charge in [0.25, 0.3) is 5.91 Å². The van der Waals surface area contributed by atoms with Crippen molar-refractivity contribution in [1.29, 1.82) is 0 Å². The summed E-state index contributed by atoms with van der Waals surface area (Å²) >= 11 is 0. The molecule has 156 valence electrons. The fraction of sp³-hybridized carbons (Fsp3) is 0.318. The third kappa shape index (κ3) is 4.72. The highest BCUT2D eigenvalue weighted by Gasteiger charge is 2.15. The average Bonchev–Trinajstić information content (AvgIpc) is 3.16. The second-order valence-electron chi connectivity index (χ2n) is 7.24. The minimum Gasteiger partial charge on any atom is -0.379 e. The van der Waals surface area contributed by atoms with Crippen LogP contribution in [0, 0.1) is 5.82 Å². The minimum absolute atomic E-state index is 0.116. The highest BCUT2D eigenvalue weighted by atomic mass is 19.1. The SMILES string of the molecule is Cn1cc(-c2cnc(-c3cccc(F)c3)nc2)cc1C(=O)NCCN1CCOCC1. The summed E-state index contributed by atoms with van der Waals surface area (Å²) in [5.74, 6) is 0.0112. The second kappa shape index (κ2) is 9.15. The largest absolute Gasteiger partial charge is 0.379 e. The lowest BCUT2D eigenvalue weighted by molar-refractivity contribution is 0.0383. The van der Waals surface area contributed by atoms with Gasteiger partial charge in [-0.15, -0.1) is 0 Å². The maximum absolute atomic E-state index is 13.4. The molecule has 30 heavy (non-hydrogen) atoms. The van der Waals surface area contributed by atoms with E-state index in [-0.39, 0.29) is 11.7 Å². The van der Waals surface area contributed by atoms with Gasteiger partial charge in [0.2, 0.25) is 0 Å². The van der Waals surface area contributed by atoms with Crippen LogP contribution in [-0.4, -0.2) is 64.7 Å². The number of halogens is 1. The summed E-state index contributed by atoms with van der Waals surface area (Å²) in [6, 6.07) is 8.00. The van der Waals surface area contributed by atoms with Crippen LogP contribution in [0.3, 0.4) is 0 Å². The molecule has 0 spiro atoms. The zero-order valence-electron chi connectivity index (χ0n) is 16.8. The Kier molecular flexibility index (Phi) is 6.15. The fourth-order valence-electron chi connectivity index (χ4n) is 3.44. The molecule has 1 aliphatic rings. The maximum atomic E-state index is 13.4. The highest BCUT2D eigenvalue weighted by Crippen LogP contribution is 2.23. The summed E-state index contributed by atoms with van der Waals surface area (Å²) < 4.78 is 20.5. The lowest BCUT2D eigenvalue weighted by Crippen LogP contribution is -2.41. The number of benzene rings is 1. The van der Waals surface area contributed by atoms with Gasteiger partial charge < -0.3 is 14.6 Å². The van der Waals surface area contributed by atoms with Crippen molar-refractivity contribution in [3.05, 3.63) is 60.4 Å². The van der Waals surface area contributed by atoms with E-state index in [0.717, 1.165) is 44.0 Å². The van der Waals surface area contributed by atoms with E-state index in [4.69, 9.17) is 4.74 Å². The normalized spacial score (nSPS) is 14.6. The molecule has 1 fully saturated rings. The Balaban J connectivity index is 1.41. The number of carbonyl (C=O) groups is 1. The summed E-state index contributed by atoms with van der Waals surface area (Å²) in [5, 5.41) is 2.98. The molecule has 0 bridgehead atoms. The van der Waals surface area contributed by atoms with Gasteiger partial charge in [0.05, 0.1) is 13.2 Å². The van der Waals surface area contributed by atoms with Crippen molar-refractivity contribution in [2.24, 2.45) is 7.05 Å². The molecule has 7 nitrogen and oxygen atoms in total. The van der Waals surface area contributed by atoms with Gasteiger partial charge in [0.15, 0.2) is 5.82 Å². The predicted molar refractivity (Wildman–Crippen MR) is 111 cm³/mol. The quantitative estimate of drug-likeness (QED) is 0.677. The first-order chi connectivity index (χ1) is 14.6. The molecule has 0 saturated carbocycles. The van der Waals surface area contributed by atoms with Crippen molar-refractivity contribution in [3.8, 4) is 22.5 Å². The van der Waals surface area contributed by atoms with Crippen LogP contribution >= 0.6 is 0 Å². The van der Waals surface area contributed by atoms with Crippen LogP contribution < -0.4 is 5.32 Å². The van der Waals surface area contributed by atoms with E-state index in [2.05, 4.69) is 20.2 Å².